The number of thiophene rings is 1. The van der Waals surface area contributed by atoms with Gasteiger partial charge >= 0.3 is 0 Å². The van der Waals surface area contributed by atoms with Crippen LogP contribution >= 0.6 is 22.9 Å². The molecule has 3 rings (SSSR count). The van der Waals surface area contributed by atoms with E-state index >= 15 is 0 Å². The Morgan fingerprint density at radius 3 is 2.68 bits per heavy atom. The number of nitrogens with one attached hydrogen (secondary N) is 1. The lowest BCUT2D eigenvalue weighted by Gasteiger charge is -2.41. The van der Waals surface area contributed by atoms with Gasteiger partial charge in [0.05, 0.1) is 5.02 Å². The molecule has 2 aliphatic rings. The molecule has 0 bridgehead atoms. The lowest BCUT2D eigenvalue weighted by Crippen LogP contribution is -2.34. The Bertz CT molecular complexity index is 417. The summed E-state index contributed by atoms with van der Waals surface area (Å²) in [6.45, 7) is 0. The minimum atomic E-state index is 0.468. The molecule has 1 aromatic rings. The van der Waals surface area contributed by atoms with E-state index in [9.17, 15) is 0 Å². The van der Waals surface area contributed by atoms with E-state index < -0.39 is 0 Å². The summed E-state index contributed by atoms with van der Waals surface area (Å²) in [7, 11) is 2.09. The normalized spacial score (nSPS) is 32.8. The largest absolute Gasteiger partial charge is 0.312 e. The molecule has 4 unspecified atom stereocenters. The molecule has 0 amide bonds. The molecule has 19 heavy (non-hydrogen) atoms. The summed E-state index contributed by atoms with van der Waals surface area (Å²) in [5, 5.41) is 6.61. The van der Waals surface area contributed by atoms with Crippen molar-refractivity contribution in [3.8, 4) is 0 Å². The molecule has 106 valence electrons. The average Bonchev–Trinajstić information content (AvgIpc) is 2.86. The molecule has 4 atom stereocenters. The smallest absolute Gasteiger partial charge is 0.0561 e. The molecule has 2 fully saturated rings. The molecule has 0 radical (unpaired) electrons. The SMILES string of the molecule is CNC(c1sccc1Cl)C1CCC2CCCCC2C1. The highest BCUT2D eigenvalue weighted by molar-refractivity contribution is 7.10. The van der Waals surface area contributed by atoms with Gasteiger partial charge in [0, 0.05) is 10.9 Å². The van der Waals surface area contributed by atoms with Crippen molar-refractivity contribution in [1.82, 2.24) is 5.32 Å². The maximum atomic E-state index is 6.34. The van der Waals surface area contributed by atoms with Crippen molar-refractivity contribution in [2.24, 2.45) is 17.8 Å². The zero-order valence-electron chi connectivity index (χ0n) is 11.7. The predicted octanol–water partition coefficient (Wildman–Crippen LogP) is 5.27. The Morgan fingerprint density at radius 1 is 1.21 bits per heavy atom. The molecule has 2 saturated carbocycles. The molecule has 0 saturated heterocycles. The highest BCUT2D eigenvalue weighted by atomic mass is 35.5. The second-order valence-electron chi connectivity index (χ2n) is 6.28. The molecule has 0 aromatic carbocycles. The van der Waals surface area contributed by atoms with Crippen molar-refractivity contribution in [3.05, 3.63) is 21.3 Å². The highest BCUT2D eigenvalue weighted by Gasteiger charge is 2.36. The first-order chi connectivity index (χ1) is 9.29. The Morgan fingerprint density at radius 2 is 2.00 bits per heavy atom. The molecule has 1 N–H and O–H groups in total. The van der Waals surface area contributed by atoms with E-state index in [1.54, 1.807) is 0 Å². The van der Waals surface area contributed by atoms with E-state index in [1.165, 1.54) is 49.8 Å². The third-order valence-electron chi connectivity index (χ3n) is 5.29. The van der Waals surface area contributed by atoms with Gasteiger partial charge in [0.2, 0.25) is 0 Å². The first-order valence-corrected chi connectivity index (χ1v) is 8.95. The van der Waals surface area contributed by atoms with Crippen molar-refractivity contribution in [3.63, 3.8) is 0 Å². The first kappa shape index (κ1) is 13.9. The molecule has 1 aromatic heterocycles. The molecule has 1 nitrogen and oxygen atoms in total. The molecular formula is C16H24ClNS. The lowest BCUT2D eigenvalue weighted by atomic mass is 9.66. The maximum Gasteiger partial charge on any atom is 0.0561 e. The Balaban J connectivity index is 1.72. The highest BCUT2D eigenvalue weighted by Crippen LogP contribution is 2.47. The summed E-state index contributed by atoms with van der Waals surface area (Å²) in [5.74, 6) is 2.80. The zero-order chi connectivity index (χ0) is 13.2. The minimum absolute atomic E-state index is 0.468. The number of hydrogen-bond acceptors (Lipinski definition) is 2. The number of hydrogen-bond donors (Lipinski definition) is 1. The van der Waals surface area contributed by atoms with Crippen molar-refractivity contribution in [2.75, 3.05) is 7.05 Å². The van der Waals surface area contributed by atoms with Gasteiger partial charge in [0.15, 0.2) is 0 Å². The molecule has 2 aliphatic carbocycles. The summed E-state index contributed by atoms with van der Waals surface area (Å²) in [6.07, 6.45) is 10.1. The van der Waals surface area contributed by atoms with Gasteiger partial charge in [-0.05, 0) is 55.5 Å². The molecule has 3 heteroatoms. The van der Waals surface area contributed by atoms with Crippen LogP contribution in [-0.2, 0) is 0 Å². The third kappa shape index (κ3) is 2.86. The van der Waals surface area contributed by atoms with Crippen LogP contribution in [0.5, 0.6) is 0 Å². The van der Waals surface area contributed by atoms with Crippen LogP contribution in [0.2, 0.25) is 5.02 Å². The van der Waals surface area contributed by atoms with Crippen LogP contribution in [0, 0.1) is 17.8 Å². The summed E-state index contributed by atoms with van der Waals surface area (Å²) in [6, 6.07) is 2.51. The van der Waals surface area contributed by atoms with E-state index in [-0.39, 0.29) is 0 Å². The quantitative estimate of drug-likeness (QED) is 0.801. The molecule has 0 spiro atoms. The fourth-order valence-electron chi connectivity index (χ4n) is 4.32. The second kappa shape index (κ2) is 6.15. The number of rotatable bonds is 3. The summed E-state index contributed by atoms with van der Waals surface area (Å²) < 4.78 is 0. The van der Waals surface area contributed by atoms with Gasteiger partial charge < -0.3 is 5.32 Å². The van der Waals surface area contributed by atoms with Crippen molar-refractivity contribution >= 4 is 22.9 Å². The van der Waals surface area contributed by atoms with Crippen LogP contribution in [0.15, 0.2) is 11.4 Å². The number of fused-ring (bicyclic) bond motifs is 1. The Kier molecular flexibility index (Phi) is 4.51. The summed E-state index contributed by atoms with van der Waals surface area (Å²) in [5.41, 5.74) is 0. The second-order valence-corrected chi connectivity index (χ2v) is 7.63. The van der Waals surface area contributed by atoms with Crippen molar-refractivity contribution in [1.29, 1.82) is 0 Å². The van der Waals surface area contributed by atoms with Crippen molar-refractivity contribution in [2.45, 2.75) is 51.0 Å². The topological polar surface area (TPSA) is 12.0 Å². The van der Waals surface area contributed by atoms with E-state index in [0.29, 0.717) is 6.04 Å². The first-order valence-electron chi connectivity index (χ1n) is 7.69. The Hall–Kier alpha value is -0.0500. The standard InChI is InChI=1S/C16H24ClNS/c1-18-15(16-14(17)8-9-19-16)13-7-6-11-4-2-3-5-12(11)10-13/h8-9,11-13,15,18H,2-7,10H2,1H3. The van der Waals surface area contributed by atoms with E-state index in [0.717, 1.165) is 22.8 Å². The third-order valence-corrected chi connectivity index (χ3v) is 6.73. The zero-order valence-corrected chi connectivity index (χ0v) is 13.3. The van der Waals surface area contributed by atoms with Crippen LogP contribution in [0.4, 0.5) is 0 Å². The minimum Gasteiger partial charge on any atom is -0.312 e. The molecule has 0 aliphatic heterocycles. The van der Waals surface area contributed by atoms with Crippen molar-refractivity contribution < 1.29 is 0 Å². The maximum absolute atomic E-state index is 6.34. The van der Waals surface area contributed by atoms with Gasteiger partial charge in [0.1, 0.15) is 0 Å². The fourth-order valence-corrected chi connectivity index (χ4v) is 5.70. The number of halogens is 1. The van der Waals surface area contributed by atoms with E-state index in [1.807, 2.05) is 17.4 Å². The van der Waals surface area contributed by atoms with Crippen LogP contribution in [0.3, 0.4) is 0 Å². The van der Waals surface area contributed by atoms with Gasteiger partial charge in [-0.3, -0.25) is 0 Å². The monoisotopic (exact) mass is 297 g/mol. The lowest BCUT2D eigenvalue weighted by molar-refractivity contribution is 0.112. The van der Waals surface area contributed by atoms with Gasteiger partial charge in [-0.25, -0.2) is 0 Å². The molecular weight excluding hydrogens is 274 g/mol. The van der Waals surface area contributed by atoms with Crippen LogP contribution in [0.25, 0.3) is 0 Å². The van der Waals surface area contributed by atoms with E-state index in [2.05, 4.69) is 17.7 Å². The van der Waals surface area contributed by atoms with Gasteiger partial charge in [0.25, 0.3) is 0 Å². The Labute approximate surface area is 125 Å². The summed E-state index contributed by atoms with van der Waals surface area (Å²) in [4.78, 5) is 1.35. The van der Waals surface area contributed by atoms with Crippen LogP contribution in [0.1, 0.15) is 55.9 Å². The average molecular weight is 298 g/mol. The van der Waals surface area contributed by atoms with Gasteiger partial charge in [-0.2, -0.15) is 0 Å². The predicted molar refractivity (Wildman–Crippen MR) is 83.9 cm³/mol. The van der Waals surface area contributed by atoms with Gasteiger partial charge in [-0.15, -0.1) is 11.3 Å². The molecule has 1 heterocycles. The fraction of sp³-hybridized carbons (Fsp3) is 0.750. The van der Waals surface area contributed by atoms with Crippen LogP contribution in [-0.4, -0.2) is 7.05 Å². The van der Waals surface area contributed by atoms with Crippen LogP contribution < -0.4 is 5.32 Å². The van der Waals surface area contributed by atoms with Gasteiger partial charge in [-0.1, -0.05) is 37.3 Å². The summed E-state index contributed by atoms with van der Waals surface area (Å²) >= 11 is 8.15. The van der Waals surface area contributed by atoms with E-state index in [4.69, 9.17) is 11.6 Å².